The van der Waals surface area contributed by atoms with Crippen LogP contribution < -0.4 is 10.6 Å². The minimum Gasteiger partial charge on any atom is -0.356 e. The van der Waals surface area contributed by atoms with E-state index in [1.807, 2.05) is 6.07 Å². The Morgan fingerprint density at radius 2 is 2.00 bits per heavy atom. The zero-order chi connectivity index (χ0) is 15.4. The van der Waals surface area contributed by atoms with Gasteiger partial charge in [-0.15, -0.1) is 35.3 Å². The van der Waals surface area contributed by atoms with Gasteiger partial charge in [-0.1, -0.05) is 6.42 Å². The summed E-state index contributed by atoms with van der Waals surface area (Å²) in [6.45, 7) is 3.67. The van der Waals surface area contributed by atoms with Gasteiger partial charge in [0, 0.05) is 31.1 Å². The van der Waals surface area contributed by atoms with Crippen LogP contribution in [0.15, 0.2) is 21.3 Å². The minimum atomic E-state index is -3.31. The lowest BCUT2D eigenvalue weighted by Crippen LogP contribution is -2.40. The maximum Gasteiger partial charge on any atom is 0.252 e. The molecular formula is C14H23IN4O2S2. The van der Waals surface area contributed by atoms with Gasteiger partial charge < -0.3 is 10.6 Å². The maximum absolute atomic E-state index is 12.6. The molecule has 2 N–H and O–H groups in total. The molecule has 0 unspecified atom stereocenters. The van der Waals surface area contributed by atoms with Gasteiger partial charge in [0.05, 0.1) is 6.54 Å². The molecule has 0 bridgehead atoms. The fourth-order valence-corrected chi connectivity index (χ4v) is 5.61. The number of hydrogen-bond acceptors (Lipinski definition) is 6. The number of nitrogens with one attached hydrogen (secondary N) is 2. The van der Waals surface area contributed by atoms with Gasteiger partial charge in [0.2, 0.25) is 0 Å². The van der Waals surface area contributed by atoms with Crippen molar-refractivity contribution in [3.05, 3.63) is 17.0 Å². The molecule has 1 fully saturated rings. The quantitative estimate of drug-likeness (QED) is 0.661. The molecule has 0 aliphatic carbocycles. The first-order valence-electron chi connectivity index (χ1n) is 7.77. The fourth-order valence-electron chi connectivity index (χ4n) is 2.65. The van der Waals surface area contributed by atoms with E-state index < -0.39 is 10.0 Å². The van der Waals surface area contributed by atoms with Crippen LogP contribution in [0.3, 0.4) is 0 Å². The molecule has 0 saturated carbocycles. The van der Waals surface area contributed by atoms with Crippen molar-refractivity contribution in [2.75, 3.05) is 26.2 Å². The topological polar surface area (TPSA) is 73.8 Å². The maximum atomic E-state index is 12.6. The number of sulfonamides is 1. The van der Waals surface area contributed by atoms with Gasteiger partial charge in [-0.25, -0.2) is 8.42 Å². The highest BCUT2D eigenvalue weighted by atomic mass is 127. The van der Waals surface area contributed by atoms with E-state index >= 15 is 0 Å². The van der Waals surface area contributed by atoms with Gasteiger partial charge in [0.1, 0.15) is 4.21 Å². The van der Waals surface area contributed by atoms with Gasteiger partial charge in [-0.05, 0) is 31.4 Å². The van der Waals surface area contributed by atoms with E-state index in [-0.39, 0.29) is 24.0 Å². The van der Waals surface area contributed by atoms with E-state index in [0.717, 1.165) is 49.6 Å². The van der Waals surface area contributed by atoms with E-state index in [1.165, 1.54) is 11.3 Å². The van der Waals surface area contributed by atoms with E-state index in [1.54, 1.807) is 10.4 Å². The summed E-state index contributed by atoms with van der Waals surface area (Å²) < 4.78 is 27.2. The molecule has 0 atom stereocenters. The van der Waals surface area contributed by atoms with Crippen LogP contribution in [-0.2, 0) is 16.6 Å². The molecule has 3 heterocycles. The molecule has 0 spiro atoms. The zero-order valence-electron chi connectivity index (χ0n) is 13.0. The van der Waals surface area contributed by atoms with Crippen molar-refractivity contribution in [1.82, 2.24) is 14.9 Å². The van der Waals surface area contributed by atoms with Crippen LogP contribution in [0.2, 0.25) is 0 Å². The molecule has 2 aliphatic heterocycles. The SMILES string of the molecule is I.O=S(=O)(c1ccc(CNC2=NCCCN2)s1)N1CCCCC1. The second-order valence-electron chi connectivity index (χ2n) is 5.55. The number of thiophene rings is 1. The molecule has 130 valence electrons. The normalized spacial score (nSPS) is 19.4. The molecule has 9 heteroatoms. The van der Waals surface area contributed by atoms with Gasteiger partial charge in [-0.2, -0.15) is 4.31 Å². The highest BCUT2D eigenvalue weighted by molar-refractivity contribution is 14.0. The Bertz CT molecular complexity index is 639. The second-order valence-corrected chi connectivity index (χ2v) is 8.88. The third-order valence-electron chi connectivity index (χ3n) is 3.87. The second kappa shape index (κ2) is 8.63. The summed E-state index contributed by atoms with van der Waals surface area (Å²) in [6.07, 6.45) is 4.11. The van der Waals surface area contributed by atoms with E-state index in [9.17, 15) is 8.42 Å². The van der Waals surface area contributed by atoms with Crippen molar-refractivity contribution in [1.29, 1.82) is 0 Å². The summed E-state index contributed by atoms with van der Waals surface area (Å²) in [7, 11) is -3.31. The highest BCUT2D eigenvalue weighted by Crippen LogP contribution is 2.26. The van der Waals surface area contributed by atoms with E-state index in [2.05, 4.69) is 15.6 Å². The Hall–Kier alpha value is -0.390. The third kappa shape index (κ3) is 4.80. The van der Waals surface area contributed by atoms with Crippen molar-refractivity contribution in [2.45, 2.75) is 36.4 Å². The van der Waals surface area contributed by atoms with Crippen LogP contribution in [0.1, 0.15) is 30.6 Å². The summed E-state index contributed by atoms with van der Waals surface area (Å²) in [5.41, 5.74) is 0. The zero-order valence-corrected chi connectivity index (χ0v) is 16.9. The van der Waals surface area contributed by atoms with Crippen LogP contribution in [0.5, 0.6) is 0 Å². The average Bonchev–Trinajstić information content (AvgIpc) is 3.04. The van der Waals surface area contributed by atoms with Gasteiger partial charge in [-0.3, -0.25) is 4.99 Å². The van der Waals surface area contributed by atoms with Crippen molar-refractivity contribution in [2.24, 2.45) is 4.99 Å². The Labute approximate surface area is 158 Å². The summed E-state index contributed by atoms with van der Waals surface area (Å²) in [5, 5.41) is 6.42. The van der Waals surface area contributed by atoms with Crippen molar-refractivity contribution < 1.29 is 8.42 Å². The smallest absolute Gasteiger partial charge is 0.252 e. The highest BCUT2D eigenvalue weighted by Gasteiger charge is 2.27. The number of guanidine groups is 1. The molecule has 6 nitrogen and oxygen atoms in total. The summed E-state index contributed by atoms with van der Waals surface area (Å²) >= 11 is 1.35. The largest absolute Gasteiger partial charge is 0.356 e. The Balaban J connectivity index is 0.00000192. The molecule has 1 aromatic rings. The lowest BCUT2D eigenvalue weighted by Gasteiger charge is -2.25. The lowest BCUT2D eigenvalue weighted by molar-refractivity contribution is 0.347. The Morgan fingerprint density at radius 3 is 2.70 bits per heavy atom. The number of halogens is 1. The van der Waals surface area contributed by atoms with Crippen LogP contribution in [-0.4, -0.2) is 44.9 Å². The number of hydrogen-bond donors (Lipinski definition) is 2. The number of piperidine rings is 1. The van der Waals surface area contributed by atoms with Crippen molar-refractivity contribution in [3.8, 4) is 0 Å². The molecular weight excluding hydrogens is 447 g/mol. The average molecular weight is 470 g/mol. The number of nitrogens with zero attached hydrogens (tertiary/aromatic N) is 2. The Kier molecular flexibility index (Phi) is 7.11. The first-order valence-corrected chi connectivity index (χ1v) is 10.0. The first kappa shape index (κ1) is 18.9. The monoisotopic (exact) mass is 470 g/mol. The van der Waals surface area contributed by atoms with Gasteiger partial charge in [0.25, 0.3) is 10.0 Å². The van der Waals surface area contributed by atoms with Crippen molar-refractivity contribution >= 4 is 51.3 Å². The first-order chi connectivity index (χ1) is 10.7. The molecule has 23 heavy (non-hydrogen) atoms. The number of aliphatic imine (C=N–C) groups is 1. The lowest BCUT2D eigenvalue weighted by atomic mass is 10.2. The fraction of sp³-hybridized carbons (Fsp3) is 0.643. The third-order valence-corrected chi connectivity index (χ3v) is 7.32. The molecule has 1 saturated heterocycles. The van der Waals surface area contributed by atoms with Crippen LogP contribution in [0.25, 0.3) is 0 Å². The minimum absolute atomic E-state index is 0. The van der Waals surface area contributed by atoms with Gasteiger partial charge >= 0.3 is 0 Å². The standard InChI is InChI=1S/C14H22N4O2S2.HI/c19-22(20,18-9-2-1-3-10-18)13-6-5-12(21-13)11-17-14-15-7-4-8-16-14;/h5-6H,1-4,7-11H2,(H2,15,16,17);1H. The summed E-state index contributed by atoms with van der Waals surface area (Å²) in [4.78, 5) is 5.35. The van der Waals surface area contributed by atoms with Crippen molar-refractivity contribution in [3.63, 3.8) is 0 Å². The predicted molar refractivity (Wildman–Crippen MR) is 104 cm³/mol. The summed E-state index contributed by atoms with van der Waals surface area (Å²) in [5.74, 6) is 0.806. The molecule has 2 aliphatic rings. The number of rotatable bonds is 4. The van der Waals surface area contributed by atoms with E-state index in [0.29, 0.717) is 23.8 Å². The predicted octanol–water partition coefficient (Wildman–Crippen LogP) is 1.98. The van der Waals surface area contributed by atoms with E-state index in [4.69, 9.17) is 0 Å². The van der Waals surface area contributed by atoms with Crippen LogP contribution in [0.4, 0.5) is 0 Å². The molecule has 0 amide bonds. The molecule has 0 aromatic carbocycles. The molecule has 1 aromatic heterocycles. The van der Waals surface area contributed by atoms with Gasteiger partial charge in [0.15, 0.2) is 5.96 Å². The Morgan fingerprint density at radius 1 is 1.22 bits per heavy atom. The molecule has 3 rings (SSSR count). The molecule has 0 radical (unpaired) electrons. The van der Waals surface area contributed by atoms with Crippen LogP contribution >= 0.6 is 35.3 Å². The summed E-state index contributed by atoms with van der Waals surface area (Å²) in [6, 6.07) is 3.61. The van der Waals surface area contributed by atoms with Crippen LogP contribution in [0, 0.1) is 0 Å².